The van der Waals surface area contributed by atoms with Gasteiger partial charge in [-0.15, -0.1) is 0 Å². The lowest BCUT2D eigenvalue weighted by molar-refractivity contribution is -0.135. The maximum atomic E-state index is 12.5. The Balaban J connectivity index is 1.60. The van der Waals surface area contributed by atoms with Gasteiger partial charge in [0.05, 0.1) is 18.3 Å². The lowest BCUT2D eigenvalue weighted by atomic mass is 9.92. The standard InChI is InChI=1S/C19H30N4O2/c1-13(2)22-9-8-15(18(22)25)21-10-14(11-21)12-23-17(24)7-6-16(20-23)19(3,4)5/h6-7,13-15H,8-12H2,1-5H3. The number of likely N-dealkylation sites (tertiary alicyclic amines) is 2. The summed E-state index contributed by atoms with van der Waals surface area (Å²) in [7, 11) is 0. The summed E-state index contributed by atoms with van der Waals surface area (Å²) in [5.74, 6) is 0.653. The number of rotatable bonds is 4. The third-order valence-corrected chi connectivity index (χ3v) is 5.33. The first kappa shape index (κ1) is 18.1. The van der Waals surface area contributed by atoms with E-state index in [1.165, 1.54) is 0 Å². The maximum Gasteiger partial charge on any atom is 0.266 e. The highest BCUT2D eigenvalue weighted by molar-refractivity contribution is 5.84. The van der Waals surface area contributed by atoms with Gasteiger partial charge in [0, 0.05) is 43.1 Å². The molecule has 3 heterocycles. The van der Waals surface area contributed by atoms with Crippen molar-refractivity contribution in [1.82, 2.24) is 19.6 Å². The lowest BCUT2D eigenvalue weighted by Gasteiger charge is -2.42. The summed E-state index contributed by atoms with van der Waals surface area (Å²) in [6.07, 6.45) is 0.918. The Morgan fingerprint density at radius 1 is 1.20 bits per heavy atom. The van der Waals surface area contributed by atoms with E-state index < -0.39 is 0 Å². The molecule has 0 spiro atoms. The van der Waals surface area contributed by atoms with Crippen LogP contribution in [0.1, 0.15) is 46.7 Å². The molecule has 0 radical (unpaired) electrons. The molecule has 0 N–H and O–H groups in total. The van der Waals surface area contributed by atoms with Crippen LogP contribution < -0.4 is 5.56 Å². The van der Waals surface area contributed by atoms with Gasteiger partial charge in [-0.05, 0) is 26.3 Å². The van der Waals surface area contributed by atoms with Crippen LogP contribution in [-0.2, 0) is 16.8 Å². The number of carbonyl (C=O) groups excluding carboxylic acids is 1. The Bertz CT molecular complexity index is 698. The summed E-state index contributed by atoms with van der Waals surface area (Å²) in [5.41, 5.74) is 0.814. The fourth-order valence-electron chi connectivity index (χ4n) is 3.74. The van der Waals surface area contributed by atoms with Crippen LogP contribution >= 0.6 is 0 Å². The van der Waals surface area contributed by atoms with Crippen LogP contribution in [0.5, 0.6) is 0 Å². The van der Waals surface area contributed by atoms with Gasteiger partial charge in [0.2, 0.25) is 5.91 Å². The van der Waals surface area contributed by atoms with Crippen LogP contribution in [0.2, 0.25) is 0 Å². The van der Waals surface area contributed by atoms with Crippen molar-refractivity contribution in [3.63, 3.8) is 0 Å². The van der Waals surface area contributed by atoms with Crippen molar-refractivity contribution < 1.29 is 4.79 Å². The van der Waals surface area contributed by atoms with Crippen LogP contribution in [0.4, 0.5) is 0 Å². The van der Waals surface area contributed by atoms with Crippen molar-refractivity contribution in [3.8, 4) is 0 Å². The second-order valence-corrected chi connectivity index (χ2v) is 8.74. The van der Waals surface area contributed by atoms with Gasteiger partial charge in [-0.25, -0.2) is 4.68 Å². The third-order valence-electron chi connectivity index (χ3n) is 5.33. The molecule has 25 heavy (non-hydrogen) atoms. The molecule has 1 aromatic rings. The van der Waals surface area contributed by atoms with Crippen LogP contribution in [0.3, 0.4) is 0 Å². The van der Waals surface area contributed by atoms with Crippen molar-refractivity contribution >= 4 is 5.91 Å². The van der Waals surface area contributed by atoms with Crippen molar-refractivity contribution in [1.29, 1.82) is 0 Å². The summed E-state index contributed by atoms with van der Waals surface area (Å²) in [6, 6.07) is 3.75. The molecule has 1 atom stereocenters. The van der Waals surface area contributed by atoms with E-state index >= 15 is 0 Å². The van der Waals surface area contributed by atoms with E-state index in [2.05, 4.69) is 44.6 Å². The fourth-order valence-corrected chi connectivity index (χ4v) is 3.74. The second kappa shape index (κ2) is 6.56. The molecule has 3 rings (SSSR count). The Morgan fingerprint density at radius 3 is 2.44 bits per heavy atom. The van der Waals surface area contributed by atoms with Crippen LogP contribution in [0, 0.1) is 5.92 Å². The number of nitrogens with zero attached hydrogens (tertiary/aromatic N) is 4. The second-order valence-electron chi connectivity index (χ2n) is 8.74. The van der Waals surface area contributed by atoms with E-state index in [1.54, 1.807) is 10.7 Å². The van der Waals surface area contributed by atoms with Gasteiger partial charge >= 0.3 is 0 Å². The largest absolute Gasteiger partial charge is 0.339 e. The van der Waals surface area contributed by atoms with Crippen molar-refractivity contribution in [3.05, 3.63) is 28.2 Å². The fraction of sp³-hybridized carbons (Fsp3) is 0.737. The minimum Gasteiger partial charge on any atom is -0.339 e. The monoisotopic (exact) mass is 346 g/mol. The number of aromatic nitrogens is 2. The van der Waals surface area contributed by atoms with Crippen LogP contribution in [0.15, 0.2) is 16.9 Å². The summed E-state index contributed by atoms with van der Waals surface area (Å²) in [5, 5.41) is 4.55. The zero-order valence-electron chi connectivity index (χ0n) is 16.0. The molecule has 1 amide bonds. The number of hydrogen-bond acceptors (Lipinski definition) is 4. The number of carbonyl (C=O) groups is 1. The normalized spacial score (nSPS) is 22.7. The molecule has 6 heteroatoms. The first-order valence-electron chi connectivity index (χ1n) is 9.30. The highest BCUT2D eigenvalue weighted by atomic mass is 16.2. The maximum absolute atomic E-state index is 12.5. The Hall–Kier alpha value is -1.69. The summed E-state index contributed by atoms with van der Waals surface area (Å²) >= 11 is 0. The predicted octanol–water partition coefficient (Wildman–Crippen LogP) is 1.48. The predicted molar refractivity (Wildman–Crippen MR) is 97.5 cm³/mol. The number of hydrogen-bond donors (Lipinski definition) is 0. The van der Waals surface area contributed by atoms with E-state index in [0.29, 0.717) is 12.5 Å². The Morgan fingerprint density at radius 2 is 1.88 bits per heavy atom. The molecule has 1 aromatic heterocycles. The molecule has 0 saturated carbocycles. The minimum absolute atomic E-state index is 0.0317. The van der Waals surface area contributed by atoms with Gasteiger partial charge in [0.15, 0.2) is 0 Å². The molecule has 1 unspecified atom stereocenters. The van der Waals surface area contributed by atoms with E-state index in [1.807, 2.05) is 11.0 Å². The van der Waals surface area contributed by atoms with Gasteiger partial charge in [-0.3, -0.25) is 14.5 Å². The third kappa shape index (κ3) is 3.64. The summed E-state index contributed by atoms with van der Waals surface area (Å²) in [6.45, 7) is 13.7. The highest BCUT2D eigenvalue weighted by Crippen LogP contribution is 2.27. The molecule has 138 valence electrons. The topological polar surface area (TPSA) is 58.4 Å². The number of amides is 1. The van der Waals surface area contributed by atoms with Crippen molar-refractivity contribution in [2.75, 3.05) is 19.6 Å². The lowest BCUT2D eigenvalue weighted by Crippen LogP contribution is -2.56. The molecule has 2 aliphatic heterocycles. The van der Waals surface area contributed by atoms with E-state index in [-0.39, 0.29) is 29.0 Å². The Labute approximate surface area is 149 Å². The zero-order chi connectivity index (χ0) is 18.4. The first-order chi connectivity index (χ1) is 11.7. The molecule has 0 aliphatic carbocycles. The van der Waals surface area contributed by atoms with Gasteiger partial charge in [-0.1, -0.05) is 20.8 Å². The average Bonchev–Trinajstić information content (AvgIpc) is 2.84. The molecule has 2 fully saturated rings. The van der Waals surface area contributed by atoms with E-state index in [0.717, 1.165) is 31.7 Å². The van der Waals surface area contributed by atoms with Crippen molar-refractivity contribution in [2.24, 2.45) is 5.92 Å². The smallest absolute Gasteiger partial charge is 0.266 e. The van der Waals surface area contributed by atoms with Gasteiger partial charge < -0.3 is 4.90 Å². The first-order valence-corrected chi connectivity index (χ1v) is 9.30. The van der Waals surface area contributed by atoms with Gasteiger partial charge in [-0.2, -0.15) is 5.10 Å². The van der Waals surface area contributed by atoms with E-state index in [9.17, 15) is 9.59 Å². The molecular formula is C19H30N4O2. The average molecular weight is 346 g/mol. The van der Waals surface area contributed by atoms with Gasteiger partial charge in [0.1, 0.15) is 0 Å². The molecule has 0 bridgehead atoms. The van der Waals surface area contributed by atoms with Crippen LogP contribution in [0.25, 0.3) is 0 Å². The minimum atomic E-state index is -0.0718. The van der Waals surface area contributed by atoms with Crippen LogP contribution in [-0.4, -0.2) is 57.2 Å². The molecule has 6 nitrogen and oxygen atoms in total. The van der Waals surface area contributed by atoms with Crippen molar-refractivity contribution in [2.45, 2.75) is 65.1 Å². The van der Waals surface area contributed by atoms with E-state index in [4.69, 9.17) is 0 Å². The SMILES string of the molecule is CC(C)N1CCC(N2CC(Cn3nc(C(C)(C)C)ccc3=O)C2)C1=O. The molecule has 0 aromatic carbocycles. The Kier molecular flexibility index (Phi) is 4.75. The molecule has 2 saturated heterocycles. The summed E-state index contributed by atoms with van der Waals surface area (Å²) in [4.78, 5) is 28.8. The quantitative estimate of drug-likeness (QED) is 0.829. The molecular weight excluding hydrogens is 316 g/mol. The van der Waals surface area contributed by atoms with Gasteiger partial charge in [0.25, 0.3) is 5.56 Å². The summed E-state index contributed by atoms with van der Waals surface area (Å²) < 4.78 is 1.60. The molecule has 2 aliphatic rings. The zero-order valence-corrected chi connectivity index (χ0v) is 16.0. The highest BCUT2D eigenvalue weighted by Gasteiger charge is 2.42.